The van der Waals surface area contributed by atoms with Gasteiger partial charge in [0.05, 0.1) is 25.4 Å². The molecule has 0 bridgehead atoms. The smallest absolute Gasteiger partial charge is 0.220 e. The van der Waals surface area contributed by atoms with Crippen LogP contribution in [0.2, 0.25) is 0 Å². The first-order valence-corrected chi connectivity index (χ1v) is 29.1. The summed E-state index contributed by atoms with van der Waals surface area (Å²) in [5, 5.41) is 54.1. The van der Waals surface area contributed by atoms with Gasteiger partial charge >= 0.3 is 0 Å². The predicted octanol–water partition coefficient (Wildman–Crippen LogP) is 14.6. The zero-order valence-electron chi connectivity index (χ0n) is 45.6. The fourth-order valence-corrected chi connectivity index (χ4v) is 8.52. The molecule has 1 heterocycles. The van der Waals surface area contributed by atoms with Gasteiger partial charge in [-0.05, 0) is 83.5 Å². The van der Waals surface area contributed by atoms with E-state index >= 15 is 0 Å². The molecule has 1 aliphatic heterocycles. The monoisotopic (exact) mass is 1010 g/mol. The number of amides is 1. The fraction of sp³-hybridized carbons (Fsp3) is 0.698. The van der Waals surface area contributed by atoms with E-state index in [0.29, 0.717) is 6.42 Å². The Bertz CT molecular complexity index is 1490. The average molecular weight is 1010 g/mol. The number of allylic oxidation sites excluding steroid dienone is 17. The molecule has 1 fully saturated rings. The van der Waals surface area contributed by atoms with Gasteiger partial charge in [0.2, 0.25) is 5.91 Å². The van der Waals surface area contributed by atoms with Crippen LogP contribution in [0.1, 0.15) is 226 Å². The number of hydrogen-bond acceptors (Lipinski definition) is 8. The van der Waals surface area contributed by atoms with Crippen LogP contribution < -0.4 is 5.32 Å². The normalized spacial score (nSPS) is 20.0. The minimum absolute atomic E-state index is 0.183. The summed E-state index contributed by atoms with van der Waals surface area (Å²) in [6.45, 7) is 3.60. The molecule has 7 atom stereocenters. The molecule has 0 aromatic rings. The van der Waals surface area contributed by atoms with E-state index in [1.54, 1.807) is 6.08 Å². The molecule has 0 spiro atoms. The van der Waals surface area contributed by atoms with Crippen molar-refractivity contribution in [2.75, 3.05) is 13.2 Å². The summed E-state index contributed by atoms with van der Waals surface area (Å²) in [5.41, 5.74) is 0. The second-order valence-electron chi connectivity index (χ2n) is 19.7. The van der Waals surface area contributed by atoms with Crippen LogP contribution in [0.15, 0.2) is 109 Å². The fourth-order valence-electron chi connectivity index (χ4n) is 8.52. The van der Waals surface area contributed by atoms with E-state index in [2.05, 4.69) is 116 Å². The lowest BCUT2D eigenvalue weighted by Gasteiger charge is -2.40. The summed E-state index contributed by atoms with van der Waals surface area (Å²) in [6, 6.07) is -0.806. The molecule has 0 radical (unpaired) electrons. The summed E-state index contributed by atoms with van der Waals surface area (Å²) in [6.07, 6.45) is 69.1. The lowest BCUT2D eigenvalue weighted by atomic mass is 9.99. The largest absolute Gasteiger partial charge is 0.394 e. The van der Waals surface area contributed by atoms with Gasteiger partial charge in [-0.1, -0.05) is 245 Å². The van der Waals surface area contributed by atoms with Crippen molar-refractivity contribution in [1.29, 1.82) is 0 Å². The highest BCUT2D eigenvalue weighted by atomic mass is 16.7. The Morgan fingerprint density at radius 3 is 1.28 bits per heavy atom. The van der Waals surface area contributed by atoms with Crippen molar-refractivity contribution in [3.8, 4) is 0 Å². The summed E-state index contributed by atoms with van der Waals surface area (Å²) < 4.78 is 11.2. The predicted molar refractivity (Wildman–Crippen MR) is 304 cm³/mol. The Morgan fingerprint density at radius 1 is 0.486 bits per heavy atom. The van der Waals surface area contributed by atoms with Crippen molar-refractivity contribution >= 4 is 5.91 Å². The summed E-state index contributed by atoms with van der Waals surface area (Å²) >= 11 is 0. The van der Waals surface area contributed by atoms with E-state index in [9.17, 15) is 30.3 Å². The molecule has 1 saturated heterocycles. The maximum atomic E-state index is 13.0. The molecule has 72 heavy (non-hydrogen) atoms. The number of aliphatic hydroxyl groups excluding tert-OH is 5. The molecule has 1 amide bonds. The Balaban J connectivity index is 2.03. The van der Waals surface area contributed by atoms with Gasteiger partial charge in [-0.2, -0.15) is 0 Å². The molecular formula is C63H107NO8. The molecule has 6 N–H and O–H groups in total. The van der Waals surface area contributed by atoms with Crippen molar-refractivity contribution in [2.24, 2.45) is 0 Å². The summed E-state index contributed by atoms with van der Waals surface area (Å²) in [4.78, 5) is 13.0. The molecule has 0 aromatic heterocycles. The van der Waals surface area contributed by atoms with Gasteiger partial charge in [-0.15, -0.1) is 0 Å². The molecule has 7 unspecified atom stereocenters. The molecule has 9 heteroatoms. The van der Waals surface area contributed by atoms with E-state index in [1.165, 1.54) is 116 Å². The summed E-state index contributed by atoms with van der Waals surface area (Å²) in [5.74, 6) is -0.183. The molecule has 1 rings (SSSR count). The first-order valence-electron chi connectivity index (χ1n) is 29.1. The minimum Gasteiger partial charge on any atom is -0.394 e. The van der Waals surface area contributed by atoms with E-state index in [4.69, 9.17) is 9.47 Å². The molecule has 9 nitrogen and oxygen atoms in total. The second kappa shape index (κ2) is 51.3. The van der Waals surface area contributed by atoms with Crippen LogP contribution in [0, 0.1) is 0 Å². The third-order valence-electron chi connectivity index (χ3n) is 13.1. The number of ether oxygens (including phenoxy) is 2. The number of unbranched alkanes of at least 4 members (excludes halogenated alkanes) is 22. The Labute approximate surface area is 440 Å². The van der Waals surface area contributed by atoms with Gasteiger partial charge < -0.3 is 40.3 Å². The molecule has 0 aliphatic carbocycles. The third-order valence-corrected chi connectivity index (χ3v) is 13.1. The zero-order valence-corrected chi connectivity index (χ0v) is 45.6. The van der Waals surface area contributed by atoms with Crippen LogP contribution in [-0.2, 0) is 14.3 Å². The lowest BCUT2D eigenvalue weighted by Crippen LogP contribution is -2.60. The molecule has 1 aliphatic rings. The van der Waals surface area contributed by atoms with Gasteiger partial charge in [-0.3, -0.25) is 4.79 Å². The lowest BCUT2D eigenvalue weighted by molar-refractivity contribution is -0.302. The Hall–Kier alpha value is -3.15. The summed E-state index contributed by atoms with van der Waals surface area (Å²) in [7, 11) is 0. The van der Waals surface area contributed by atoms with Gasteiger partial charge in [0.15, 0.2) is 6.29 Å². The molecule has 0 aromatic carbocycles. The number of carbonyl (C=O) groups excluding carboxylic acids is 1. The molecule has 412 valence electrons. The van der Waals surface area contributed by atoms with E-state index < -0.39 is 49.5 Å². The minimum atomic E-state index is -1.57. The molecular weight excluding hydrogens is 899 g/mol. The maximum absolute atomic E-state index is 13.0. The highest BCUT2D eigenvalue weighted by molar-refractivity contribution is 5.76. The molecule has 0 saturated carbocycles. The standard InChI is InChI=1S/C63H107NO8/c1-3-5-7-9-11-13-14-15-16-17-18-19-20-21-22-23-24-25-26-27-28-29-30-31-32-33-34-35-36-37-38-39-40-41-42-43-44-45-47-49-51-53-59(67)64-56(57(66)52-50-48-46-12-10-8-6-4-2)55-71-63-62(70)61(69)60(68)58(54-65)72-63/h5,7,11,13,15-16,18-19,21-22,24-25,27-28,30-31,50,52,56-58,60-63,65-66,68-70H,3-4,6,8-10,12,14,17,20,23,26,29,32-49,51,53-55H2,1-2H3,(H,64,67)/b7-5-,13-11-,16-15-,19-18-,22-21-,25-24-,28-27-,31-30-,52-50+. The van der Waals surface area contributed by atoms with Crippen molar-refractivity contribution in [2.45, 2.75) is 269 Å². The third kappa shape index (κ3) is 40.3. The van der Waals surface area contributed by atoms with Crippen LogP contribution >= 0.6 is 0 Å². The quantitative estimate of drug-likeness (QED) is 0.0261. The number of nitrogens with one attached hydrogen (secondary N) is 1. The van der Waals surface area contributed by atoms with Crippen molar-refractivity contribution < 1.29 is 39.8 Å². The van der Waals surface area contributed by atoms with Gasteiger partial charge in [0.25, 0.3) is 0 Å². The first kappa shape index (κ1) is 66.9. The van der Waals surface area contributed by atoms with Gasteiger partial charge in [-0.25, -0.2) is 0 Å². The SMILES string of the molecule is CC/C=C\C/C=C\C/C=C\C/C=C\C/C=C\C/C=C\C/C=C\C/C=C\CCCCCCCCCCCCCCCCCCC(=O)NC(COC1OC(CO)C(O)C(O)C1O)C(O)/C=C/CCCCCCCC. The van der Waals surface area contributed by atoms with Crippen LogP contribution in [0.5, 0.6) is 0 Å². The van der Waals surface area contributed by atoms with Gasteiger partial charge in [0, 0.05) is 6.42 Å². The Morgan fingerprint density at radius 2 is 0.861 bits per heavy atom. The zero-order chi connectivity index (χ0) is 52.2. The van der Waals surface area contributed by atoms with E-state index in [0.717, 1.165) is 89.9 Å². The van der Waals surface area contributed by atoms with E-state index in [1.807, 2.05) is 6.08 Å². The maximum Gasteiger partial charge on any atom is 0.220 e. The Kier molecular flexibility index (Phi) is 47.7. The van der Waals surface area contributed by atoms with Crippen molar-refractivity contribution in [3.63, 3.8) is 0 Å². The number of aliphatic hydroxyl groups is 5. The van der Waals surface area contributed by atoms with Crippen LogP contribution in [-0.4, -0.2) is 87.5 Å². The average Bonchev–Trinajstić information content (AvgIpc) is 3.38. The number of hydrogen-bond donors (Lipinski definition) is 6. The first-order chi connectivity index (χ1) is 35.3. The highest BCUT2D eigenvalue weighted by Crippen LogP contribution is 2.23. The van der Waals surface area contributed by atoms with Crippen LogP contribution in [0.4, 0.5) is 0 Å². The topological polar surface area (TPSA) is 149 Å². The van der Waals surface area contributed by atoms with Crippen molar-refractivity contribution in [3.05, 3.63) is 109 Å². The van der Waals surface area contributed by atoms with Gasteiger partial charge in [0.1, 0.15) is 24.4 Å². The van der Waals surface area contributed by atoms with Crippen LogP contribution in [0.25, 0.3) is 0 Å². The second-order valence-corrected chi connectivity index (χ2v) is 19.7. The van der Waals surface area contributed by atoms with E-state index in [-0.39, 0.29) is 12.5 Å². The highest BCUT2D eigenvalue weighted by Gasteiger charge is 2.44. The number of rotatable bonds is 48. The number of carbonyl (C=O) groups is 1. The van der Waals surface area contributed by atoms with Crippen LogP contribution in [0.3, 0.4) is 0 Å². The van der Waals surface area contributed by atoms with Crippen molar-refractivity contribution in [1.82, 2.24) is 5.32 Å².